The van der Waals surface area contributed by atoms with Gasteiger partial charge < -0.3 is 24.4 Å². The molecule has 2 unspecified atom stereocenters. The van der Waals surface area contributed by atoms with Gasteiger partial charge in [0.2, 0.25) is 0 Å². The Morgan fingerprint density at radius 2 is 1.31 bits per heavy atom. The van der Waals surface area contributed by atoms with Crippen LogP contribution >= 0.6 is 0 Å². The van der Waals surface area contributed by atoms with Crippen LogP contribution in [0.25, 0.3) is 0 Å². The minimum absolute atomic E-state index is 0.0282. The number of ether oxygens (including phenoxy) is 3. The molecule has 0 saturated heterocycles. The van der Waals surface area contributed by atoms with Crippen molar-refractivity contribution in [3.05, 3.63) is 0 Å². The maximum absolute atomic E-state index is 8.45. The van der Waals surface area contributed by atoms with Gasteiger partial charge in [0.25, 0.3) is 0 Å². The largest absolute Gasteiger partial charge is 0.394 e. The molecule has 0 heterocycles. The van der Waals surface area contributed by atoms with Gasteiger partial charge in [-0.3, -0.25) is 0 Å². The molecule has 80 valence electrons. The Morgan fingerprint density at radius 3 is 1.62 bits per heavy atom. The maximum atomic E-state index is 8.45. The molecule has 0 aromatic rings. The molecule has 0 aliphatic carbocycles. The predicted octanol–water partition coefficient (Wildman–Crippen LogP) is -0.287. The lowest BCUT2D eigenvalue weighted by molar-refractivity contribution is -0.234. The van der Waals surface area contributed by atoms with Crippen molar-refractivity contribution in [1.82, 2.24) is 0 Å². The summed E-state index contributed by atoms with van der Waals surface area (Å²) in [6, 6.07) is 0. The van der Waals surface area contributed by atoms with Crippen LogP contribution in [0.15, 0.2) is 0 Å². The molecule has 0 radical (unpaired) electrons. The van der Waals surface area contributed by atoms with Crippen molar-refractivity contribution in [2.45, 2.75) is 26.4 Å². The zero-order valence-electron chi connectivity index (χ0n) is 8.10. The minimum atomic E-state index is -0.416. The van der Waals surface area contributed by atoms with Gasteiger partial charge in [-0.25, -0.2) is 0 Å². The third kappa shape index (κ3) is 8.14. The first-order valence-corrected chi connectivity index (χ1v) is 4.31. The number of rotatable bonds is 8. The number of aliphatic hydroxyl groups excluding tert-OH is 2. The second-order valence-corrected chi connectivity index (χ2v) is 2.46. The summed E-state index contributed by atoms with van der Waals surface area (Å²) in [4.78, 5) is 0. The van der Waals surface area contributed by atoms with E-state index in [1.54, 1.807) is 13.8 Å². The molecule has 0 aliphatic heterocycles. The van der Waals surface area contributed by atoms with E-state index in [4.69, 9.17) is 24.4 Å². The van der Waals surface area contributed by atoms with E-state index >= 15 is 0 Å². The van der Waals surface area contributed by atoms with Crippen LogP contribution in [0.5, 0.6) is 0 Å². The topological polar surface area (TPSA) is 68.2 Å². The van der Waals surface area contributed by atoms with Crippen molar-refractivity contribution in [1.29, 1.82) is 0 Å². The third-order valence-corrected chi connectivity index (χ3v) is 1.27. The van der Waals surface area contributed by atoms with Crippen LogP contribution in [0, 0.1) is 0 Å². The van der Waals surface area contributed by atoms with Crippen molar-refractivity contribution in [3.8, 4) is 0 Å². The molecule has 2 N–H and O–H groups in total. The van der Waals surface area contributed by atoms with E-state index in [-0.39, 0.29) is 26.4 Å². The van der Waals surface area contributed by atoms with Gasteiger partial charge in [0.15, 0.2) is 12.6 Å². The molecule has 5 nitrogen and oxygen atoms in total. The van der Waals surface area contributed by atoms with E-state index in [0.29, 0.717) is 0 Å². The zero-order valence-corrected chi connectivity index (χ0v) is 8.10. The molecule has 5 heteroatoms. The molecule has 13 heavy (non-hydrogen) atoms. The lowest BCUT2D eigenvalue weighted by Crippen LogP contribution is -2.24. The quantitative estimate of drug-likeness (QED) is 0.520. The smallest absolute Gasteiger partial charge is 0.158 e. The second kappa shape index (κ2) is 8.40. The summed E-state index contributed by atoms with van der Waals surface area (Å²) in [5.41, 5.74) is 0. The summed E-state index contributed by atoms with van der Waals surface area (Å²) < 4.78 is 15.2. The van der Waals surface area contributed by atoms with Crippen molar-refractivity contribution in [2.24, 2.45) is 0 Å². The van der Waals surface area contributed by atoms with Gasteiger partial charge in [0, 0.05) is 0 Å². The molecule has 0 rings (SSSR count). The summed E-state index contributed by atoms with van der Waals surface area (Å²) in [6.45, 7) is 3.86. The van der Waals surface area contributed by atoms with Crippen molar-refractivity contribution < 1.29 is 24.4 Å². The maximum Gasteiger partial charge on any atom is 0.158 e. The Morgan fingerprint density at radius 1 is 0.923 bits per heavy atom. The van der Waals surface area contributed by atoms with Crippen molar-refractivity contribution in [2.75, 3.05) is 26.4 Å². The van der Waals surface area contributed by atoms with E-state index in [1.165, 1.54) is 0 Å². The van der Waals surface area contributed by atoms with Gasteiger partial charge in [-0.05, 0) is 13.8 Å². The summed E-state index contributed by atoms with van der Waals surface area (Å²) >= 11 is 0. The van der Waals surface area contributed by atoms with Gasteiger partial charge in [0.05, 0.1) is 26.4 Å². The summed E-state index contributed by atoms with van der Waals surface area (Å²) in [5, 5.41) is 16.9. The van der Waals surface area contributed by atoms with E-state index in [9.17, 15) is 0 Å². The molecule has 0 bridgehead atoms. The Labute approximate surface area is 78.2 Å². The molecule has 0 aliphatic rings. The fraction of sp³-hybridized carbons (Fsp3) is 1.00. The highest BCUT2D eigenvalue weighted by molar-refractivity contribution is 4.37. The van der Waals surface area contributed by atoms with E-state index < -0.39 is 12.6 Å². The number of hydrogen-bond acceptors (Lipinski definition) is 5. The first-order chi connectivity index (χ1) is 6.20. The summed E-state index contributed by atoms with van der Waals surface area (Å²) in [5.74, 6) is 0. The standard InChI is InChI=1S/C8H18O5/c1-7(11-5-3-9)13-8(2)12-6-4-10/h7-10H,3-6H2,1-2H3. The Balaban J connectivity index is 3.35. The molecule has 2 atom stereocenters. The van der Waals surface area contributed by atoms with Gasteiger partial charge in [-0.15, -0.1) is 0 Å². The highest BCUT2D eigenvalue weighted by Gasteiger charge is 2.07. The fourth-order valence-corrected chi connectivity index (χ4v) is 0.786. The van der Waals surface area contributed by atoms with Crippen molar-refractivity contribution in [3.63, 3.8) is 0 Å². The van der Waals surface area contributed by atoms with Crippen LogP contribution in [0.4, 0.5) is 0 Å². The molecule has 0 aromatic carbocycles. The van der Waals surface area contributed by atoms with Crippen LogP contribution in [-0.2, 0) is 14.2 Å². The predicted molar refractivity (Wildman–Crippen MR) is 46.1 cm³/mol. The fourth-order valence-electron chi connectivity index (χ4n) is 0.786. The second-order valence-electron chi connectivity index (χ2n) is 2.46. The molecule has 0 aromatic heterocycles. The Bertz CT molecular complexity index is 96.7. The average Bonchev–Trinajstić information content (AvgIpc) is 2.11. The highest BCUT2D eigenvalue weighted by Crippen LogP contribution is 2.00. The first-order valence-electron chi connectivity index (χ1n) is 4.31. The van der Waals surface area contributed by atoms with Gasteiger partial charge in [-0.2, -0.15) is 0 Å². The minimum Gasteiger partial charge on any atom is -0.394 e. The van der Waals surface area contributed by atoms with Gasteiger partial charge >= 0.3 is 0 Å². The Hall–Kier alpha value is -0.200. The normalized spacial score (nSPS) is 15.7. The first kappa shape index (κ1) is 12.8. The van der Waals surface area contributed by atoms with Gasteiger partial charge in [0.1, 0.15) is 0 Å². The number of hydrogen-bond donors (Lipinski definition) is 2. The van der Waals surface area contributed by atoms with Crippen LogP contribution in [0.1, 0.15) is 13.8 Å². The summed E-state index contributed by atoms with van der Waals surface area (Å²) in [6.07, 6.45) is -0.832. The monoisotopic (exact) mass is 194 g/mol. The lowest BCUT2D eigenvalue weighted by atomic mass is 10.6. The third-order valence-electron chi connectivity index (χ3n) is 1.27. The van der Waals surface area contributed by atoms with Gasteiger partial charge in [-0.1, -0.05) is 0 Å². The molecular weight excluding hydrogens is 176 g/mol. The summed E-state index contributed by atoms with van der Waals surface area (Å²) in [7, 11) is 0. The molecule has 0 spiro atoms. The number of aliphatic hydroxyl groups is 2. The van der Waals surface area contributed by atoms with Crippen molar-refractivity contribution >= 4 is 0 Å². The van der Waals surface area contributed by atoms with Crippen LogP contribution < -0.4 is 0 Å². The van der Waals surface area contributed by atoms with Crippen LogP contribution in [0.2, 0.25) is 0 Å². The SMILES string of the molecule is CC(OCCO)OC(C)OCCO. The van der Waals surface area contributed by atoms with Crippen LogP contribution in [-0.4, -0.2) is 49.2 Å². The van der Waals surface area contributed by atoms with E-state index in [2.05, 4.69) is 0 Å². The van der Waals surface area contributed by atoms with Crippen LogP contribution in [0.3, 0.4) is 0 Å². The molecule has 0 saturated carbocycles. The zero-order chi connectivity index (χ0) is 10.1. The molecule has 0 amide bonds. The van der Waals surface area contributed by atoms with E-state index in [1.807, 2.05) is 0 Å². The highest BCUT2D eigenvalue weighted by atomic mass is 16.8. The average molecular weight is 194 g/mol. The Kier molecular flexibility index (Phi) is 8.27. The lowest BCUT2D eigenvalue weighted by Gasteiger charge is -2.18. The van der Waals surface area contributed by atoms with E-state index in [0.717, 1.165) is 0 Å². The molecule has 0 fully saturated rings. The molecular formula is C8H18O5.